The summed E-state index contributed by atoms with van der Waals surface area (Å²) in [6.45, 7) is 0.750. The van der Waals surface area contributed by atoms with Crippen LogP contribution in [0.2, 0.25) is 0 Å². The average molecular weight is 195 g/mol. The molecular formula is C7H9N5S. The van der Waals surface area contributed by atoms with Crippen molar-refractivity contribution in [2.45, 2.75) is 6.54 Å². The Labute approximate surface area is 79.6 Å². The molecule has 0 aliphatic carbocycles. The van der Waals surface area contributed by atoms with Crippen LogP contribution in [-0.4, -0.2) is 19.1 Å². The van der Waals surface area contributed by atoms with Crippen LogP contribution in [0.25, 0.3) is 0 Å². The number of aromatic nitrogens is 4. The van der Waals surface area contributed by atoms with E-state index in [1.807, 2.05) is 17.8 Å². The van der Waals surface area contributed by atoms with E-state index in [-0.39, 0.29) is 0 Å². The Kier molecular flexibility index (Phi) is 2.22. The molecule has 0 spiro atoms. The van der Waals surface area contributed by atoms with Crippen LogP contribution < -0.4 is 5.32 Å². The molecule has 2 rings (SSSR count). The Bertz CT molecular complexity index is 366. The van der Waals surface area contributed by atoms with Crippen LogP contribution in [0.1, 0.15) is 5.69 Å². The van der Waals surface area contributed by atoms with Gasteiger partial charge in [0.15, 0.2) is 0 Å². The lowest BCUT2D eigenvalue weighted by molar-refractivity contribution is 0.838. The molecule has 0 aliphatic rings. The molecule has 68 valence electrons. The van der Waals surface area contributed by atoms with Gasteiger partial charge in [0.1, 0.15) is 5.00 Å². The highest BCUT2D eigenvalue weighted by Crippen LogP contribution is 2.10. The van der Waals surface area contributed by atoms with E-state index >= 15 is 0 Å². The number of aryl methyl sites for hydroxylation is 1. The minimum Gasteiger partial charge on any atom is -0.369 e. The molecule has 0 aromatic carbocycles. The molecule has 6 heteroatoms. The fourth-order valence-electron chi connectivity index (χ4n) is 0.978. The van der Waals surface area contributed by atoms with Gasteiger partial charge in [-0.3, -0.25) is 0 Å². The first-order valence-electron chi connectivity index (χ1n) is 3.82. The summed E-state index contributed by atoms with van der Waals surface area (Å²) in [5.74, 6) is 0. The summed E-state index contributed by atoms with van der Waals surface area (Å²) in [7, 11) is 1.97. The van der Waals surface area contributed by atoms with Crippen LogP contribution in [0.4, 0.5) is 5.00 Å². The molecule has 0 fully saturated rings. The first-order chi connectivity index (χ1) is 6.36. The van der Waals surface area contributed by atoms with E-state index in [1.54, 1.807) is 12.5 Å². The largest absolute Gasteiger partial charge is 0.369 e. The van der Waals surface area contributed by atoms with Gasteiger partial charge in [-0.25, -0.2) is 4.98 Å². The van der Waals surface area contributed by atoms with Gasteiger partial charge in [0.05, 0.1) is 24.8 Å². The Morgan fingerprint density at radius 1 is 1.54 bits per heavy atom. The van der Waals surface area contributed by atoms with Gasteiger partial charge in [0.2, 0.25) is 0 Å². The quantitative estimate of drug-likeness (QED) is 0.790. The highest BCUT2D eigenvalue weighted by atomic mass is 32.1. The molecule has 13 heavy (non-hydrogen) atoms. The van der Waals surface area contributed by atoms with Gasteiger partial charge in [0, 0.05) is 24.8 Å². The smallest absolute Gasteiger partial charge is 0.130 e. The van der Waals surface area contributed by atoms with Gasteiger partial charge < -0.3 is 9.88 Å². The molecule has 0 amide bonds. The SMILES string of the molecule is Cn1cncc1CNc1cnns1. The second-order valence-electron chi connectivity index (χ2n) is 2.63. The number of rotatable bonds is 3. The molecule has 2 aromatic heterocycles. The van der Waals surface area contributed by atoms with Crippen LogP contribution in [0.3, 0.4) is 0 Å². The maximum absolute atomic E-state index is 4.02. The lowest BCUT2D eigenvalue weighted by atomic mass is 10.4. The van der Waals surface area contributed by atoms with Gasteiger partial charge in [0.25, 0.3) is 0 Å². The van der Waals surface area contributed by atoms with Crippen molar-refractivity contribution in [1.29, 1.82) is 0 Å². The maximum Gasteiger partial charge on any atom is 0.130 e. The molecule has 0 unspecified atom stereocenters. The number of nitrogens with zero attached hydrogens (tertiary/aromatic N) is 4. The second kappa shape index (κ2) is 3.53. The Hall–Kier alpha value is -1.43. The first kappa shape index (κ1) is 8.18. The maximum atomic E-state index is 4.02. The predicted octanol–water partition coefficient (Wildman–Crippen LogP) is 0.884. The van der Waals surface area contributed by atoms with Gasteiger partial charge in [-0.1, -0.05) is 4.49 Å². The summed E-state index contributed by atoms with van der Waals surface area (Å²) >= 11 is 1.35. The molecule has 1 N–H and O–H groups in total. The topological polar surface area (TPSA) is 55.6 Å². The summed E-state index contributed by atoms with van der Waals surface area (Å²) in [5, 5.41) is 7.90. The highest BCUT2D eigenvalue weighted by molar-refractivity contribution is 7.09. The zero-order chi connectivity index (χ0) is 9.10. The minimum absolute atomic E-state index is 0.750. The number of hydrogen-bond donors (Lipinski definition) is 1. The molecular weight excluding hydrogens is 186 g/mol. The Balaban J connectivity index is 1.97. The summed E-state index contributed by atoms with van der Waals surface area (Å²) in [4.78, 5) is 4.02. The molecule has 0 aliphatic heterocycles. The van der Waals surface area contributed by atoms with Crippen molar-refractivity contribution < 1.29 is 0 Å². The fourth-order valence-corrected chi connectivity index (χ4v) is 1.39. The van der Waals surface area contributed by atoms with Crippen LogP contribution in [0, 0.1) is 0 Å². The van der Waals surface area contributed by atoms with Gasteiger partial charge in [-0.2, -0.15) is 0 Å². The van der Waals surface area contributed by atoms with Gasteiger partial charge in [-0.05, 0) is 0 Å². The standard InChI is InChI=1S/C7H9N5S/c1-12-5-8-2-6(12)3-9-7-4-10-11-13-7/h2,4-5,9H,3H2,1H3. The summed E-state index contributed by atoms with van der Waals surface area (Å²) in [6, 6.07) is 0. The normalized spacial score (nSPS) is 10.2. The molecule has 0 atom stereocenters. The number of hydrogen-bond acceptors (Lipinski definition) is 5. The summed E-state index contributed by atoms with van der Waals surface area (Å²) in [5.41, 5.74) is 1.13. The molecule has 0 bridgehead atoms. The third-order valence-corrected chi connectivity index (χ3v) is 2.34. The molecule has 5 nitrogen and oxygen atoms in total. The molecule has 0 saturated carbocycles. The Morgan fingerprint density at radius 3 is 3.08 bits per heavy atom. The third-order valence-electron chi connectivity index (χ3n) is 1.72. The second-order valence-corrected chi connectivity index (χ2v) is 3.42. The van der Waals surface area contributed by atoms with Crippen molar-refractivity contribution >= 4 is 16.5 Å². The fraction of sp³-hybridized carbons (Fsp3) is 0.286. The van der Waals surface area contributed by atoms with Crippen LogP contribution in [0.5, 0.6) is 0 Å². The van der Waals surface area contributed by atoms with E-state index in [2.05, 4.69) is 19.9 Å². The van der Waals surface area contributed by atoms with Crippen molar-refractivity contribution in [2.75, 3.05) is 5.32 Å². The monoisotopic (exact) mass is 195 g/mol. The number of imidazole rings is 1. The number of nitrogens with one attached hydrogen (secondary N) is 1. The first-order valence-corrected chi connectivity index (χ1v) is 4.60. The summed E-state index contributed by atoms with van der Waals surface area (Å²) in [6.07, 6.45) is 5.32. The zero-order valence-electron chi connectivity index (χ0n) is 7.14. The lowest BCUT2D eigenvalue weighted by Gasteiger charge is -2.02. The van der Waals surface area contributed by atoms with E-state index in [0.717, 1.165) is 17.2 Å². The number of anilines is 1. The molecule has 0 radical (unpaired) electrons. The van der Waals surface area contributed by atoms with Crippen molar-refractivity contribution in [2.24, 2.45) is 7.05 Å². The van der Waals surface area contributed by atoms with Crippen LogP contribution in [-0.2, 0) is 13.6 Å². The van der Waals surface area contributed by atoms with E-state index in [0.29, 0.717) is 0 Å². The van der Waals surface area contributed by atoms with Crippen molar-refractivity contribution in [3.05, 3.63) is 24.4 Å². The van der Waals surface area contributed by atoms with Crippen LogP contribution in [0.15, 0.2) is 18.7 Å². The van der Waals surface area contributed by atoms with Crippen molar-refractivity contribution in [3.63, 3.8) is 0 Å². The average Bonchev–Trinajstić information content (AvgIpc) is 2.72. The lowest BCUT2D eigenvalue weighted by Crippen LogP contribution is -2.02. The minimum atomic E-state index is 0.750. The van der Waals surface area contributed by atoms with E-state index in [1.165, 1.54) is 11.5 Å². The van der Waals surface area contributed by atoms with E-state index in [9.17, 15) is 0 Å². The zero-order valence-corrected chi connectivity index (χ0v) is 7.95. The highest BCUT2D eigenvalue weighted by Gasteiger charge is 1.98. The molecule has 2 aromatic rings. The van der Waals surface area contributed by atoms with Crippen molar-refractivity contribution in [1.82, 2.24) is 19.1 Å². The van der Waals surface area contributed by atoms with Gasteiger partial charge >= 0.3 is 0 Å². The molecule has 0 saturated heterocycles. The van der Waals surface area contributed by atoms with Gasteiger partial charge in [-0.15, -0.1) is 5.10 Å². The van der Waals surface area contributed by atoms with Crippen molar-refractivity contribution in [3.8, 4) is 0 Å². The molecule has 2 heterocycles. The van der Waals surface area contributed by atoms with E-state index in [4.69, 9.17) is 0 Å². The predicted molar refractivity (Wildman–Crippen MR) is 50.4 cm³/mol. The Morgan fingerprint density at radius 2 is 2.46 bits per heavy atom. The summed E-state index contributed by atoms with van der Waals surface area (Å²) < 4.78 is 5.72. The third kappa shape index (κ3) is 1.83. The van der Waals surface area contributed by atoms with E-state index < -0.39 is 0 Å². The van der Waals surface area contributed by atoms with Crippen LogP contribution >= 0.6 is 11.5 Å².